The van der Waals surface area contributed by atoms with Gasteiger partial charge in [0.2, 0.25) is 0 Å². The van der Waals surface area contributed by atoms with Crippen LogP contribution in [0.2, 0.25) is 0 Å². The van der Waals surface area contributed by atoms with E-state index >= 15 is 0 Å². The number of anilines is 1. The quantitative estimate of drug-likeness (QED) is 0.715. The Bertz CT molecular complexity index is 887. The van der Waals surface area contributed by atoms with Crippen LogP contribution in [0.3, 0.4) is 0 Å². The molecule has 0 fully saturated rings. The van der Waals surface area contributed by atoms with Gasteiger partial charge in [-0.3, -0.25) is 4.79 Å². The maximum absolute atomic E-state index is 12.8. The van der Waals surface area contributed by atoms with Crippen molar-refractivity contribution in [3.63, 3.8) is 0 Å². The summed E-state index contributed by atoms with van der Waals surface area (Å²) in [6, 6.07) is 9.98. The Labute approximate surface area is 170 Å². The number of ether oxygens (including phenoxy) is 3. The van der Waals surface area contributed by atoms with Crippen LogP contribution >= 0.6 is 0 Å². The van der Waals surface area contributed by atoms with Crippen LogP contribution in [0.4, 0.5) is 5.69 Å². The lowest BCUT2D eigenvalue weighted by Gasteiger charge is -2.19. The second kappa shape index (κ2) is 9.73. The first-order valence-corrected chi connectivity index (χ1v) is 9.15. The minimum atomic E-state index is -0.751. The molecule has 0 aliphatic heterocycles. The molecule has 7 heteroatoms. The number of carbonyl (C=O) groups excluding carboxylic acids is 3. The van der Waals surface area contributed by atoms with E-state index in [-0.39, 0.29) is 16.8 Å². The molecule has 2 aromatic rings. The van der Waals surface area contributed by atoms with Crippen LogP contribution in [-0.4, -0.2) is 38.2 Å². The third kappa shape index (κ3) is 5.57. The summed E-state index contributed by atoms with van der Waals surface area (Å²) < 4.78 is 15.3. The van der Waals surface area contributed by atoms with Gasteiger partial charge in [-0.25, -0.2) is 9.59 Å². The Balaban J connectivity index is 2.28. The molecule has 154 valence electrons. The fourth-order valence-electron chi connectivity index (χ4n) is 2.70. The van der Waals surface area contributed by atoms with Gasteiger partial charge in [-0.05, 0) is 55.7 Å². The van der Waals surface area contributed by atoms with E-state index in [1.54, 1.807) is 0 Å². The van der Waals surface area contributed by atoms with Gasteiger partial charge >= 0.3 is 11.9 Å². The molecule has 0 unspecified atom stereocenters. The first kappa shape index (κ1) is 21.9. The van der Waals surface area contributed by atoms with Gasteiger partial charge in [0.1, 0.15) is 5.75 Å². The van der Waals surface area contributed by atoms with Crippen molar-refractivity contribution in [2.75, 3.05) is 19.5 Å². The normalized spacial score (nSPS) is 11.3. The van der Waals surface area contributed by atoms with Gasteiger partial charge in [-0.15, -0.1) is 0 Å². The van der Waals surface area contributed by atoms with E-state index in [1.807, 2.05) is 39.0 Å². The van der Waals surface area contributed by atoms with Crippen molar-refractivity contribution in [3.8, 4) is 5.75 Å². The smallest absolute Gasteiger partial charge is 0.337 e. The van der Waals surface area contributed by atoms with Gasteiger partial charge in [0.05, 0.1) is 25.3 Å². The third-order valence-corrected chi connectivity index (χ3v) is 4.32. The average Bonchev–Trinajstić information content (AvgIpc) is 2.72. The lowest BCUT2D eigenvalue weighted by molar-refractivity contribution is -0.122. The van der Waals surface area contributed by atoms with Crippen molar-refractivity contribution >= 4 is 23.5 Å². The molecule has 0 saturated heterocycles. The highest BCUT2D eigenvalue weighted by Gasteiger charge is 2.21. The van der Waals surface area contributed by atoms with Crippen LogP contribution in [0.25, 0.3) is 0 Å². The number of esters is 2. The van der Waals surface area contributed by atoms with E-state index in [9.17, 15) is 14.4 Å². The molecular weight excluding hydrogens is 374 g/mol. The SMILES string of the molecule is CC[C@H](Oc1cc(C)ccc1C)C(=O)Nc1cc(C(=O)OC)cc(C(=O)OC)c1. The van der Waals surface area contributed by atoms with Crippen LogP contribution < -0.4 is 10.1 Å². The minimum absolute atomic E-state index is 0.120. The molecule has 0 aliphatic carbocycles. The maximum Gasteiger partial charge on any atom is 0.337 e. The van der Waals surface area contributed by atoms with Crippen LogP contribution in [0, 0.1) is 13.8 Å². The van der Waals surface area contributed by atoms with E-state index < -0.39 is 23.9 Å². The number of carbonyl (C=O) groups is 3. The van der Waals surface area contributed by atoms with Crippen molar-refractivity contribution in [1.29, 1.82) is 0 Å². The zero-order valence-electron chi connectivity index (χ0n) is 17.2. The van der Waals surface area contributed by atoms with Gasteiger partial charge in [-0.2, -0.15) is 0 Å². The first-order chi connectivity index (χ1) is 13.8. The Morgan fingerprint density at radius 2 is 1.52 bits per heavy atom. The van der Waals surface area contributed by atoms with Crippen LogP contribution in [0.1, 0.15) is 45.2 Å². The van der Waals surface area contributed by atoms with E-state index in [4.69, 9.17) is 14.2 Å². The molecule has 7 nitrogen and oxygen atoms in total. The molecule has 2 aromatic carbocycles. The van der Waals surface area contributed by atoms with E-state index in [0.717, 1.165) is 11.1 Å². The van der Waals surface area contributed by atoms with Gasteiger partial charge < -0.3 is 19.5 Å². The van der Waals surface area contributed by atoms with E-state index in [2.05, 4.69) is 5.32 Å². The Hall–Kier alpha value is -3.35. The molecule has 1 atom stereocenters. The fourth-order valence-corrected chi connectivity index (χ4v) is 2.70. The van der Waals surface area contributed by atoms with Crippen molar-refractivity contribution in [3.05, 3.63) is 58.7 Å². The first-order valence-electron chi connectivity index (χ1n) is 9.15. The maximum atomic E-state index is 12.8. The molecule has 1 N–H and O–H groups in total. The molecule has 2 rings (SSSR count). The summed E-state index contributed by atoms with van der Waals surface area (Å²) in [4.78, 5) is 36.6. The van der Waals surface area contributed by atoms with Gasteiger partial charge in [-0.1, -0.05) is 19.1 Å². The highest BCUT2D eigenvalue weighted by molar-refractivity contribution is 6.00. The zero-order valence-corrected chi connectivity index (χ0v) is 17.2. The summed E-state index contributed by atoms with van der Waals surface area (Å²) in [6.07, 6.45) is -0.321. The summed E-state index contributed by atoms with van der Waals surface area (Å²) in [5.41, 5.74) is 2.45. The van der Waals surface area contributed by atoms with E-state index in [0.29, 0.717) is 12.2 Å². The summed E-state index contributed by atoms with van der Waals surface area (Å²) >= 11 is 0. The topological polar surface area (TPSA) is 90.9 Å². The number of aryl methyl sites for hydroxylation is 2. The molecule has 0 aliphatic rings. The van der Waals surface area contributed by atoms with Crippen LogP contribution in [0.15, 0.2) is 36.4 Å². The standard InChI is InChI=1S/C22H25NO6/c1-6-18(29-19-9-13(2)7-8-14(19)3)20(24)23-17-11-15(21(25)27-4)10-16(12-17)22(26)28-5/h7-12,18H,6H2,1-5H3,(H,23,24)/t18-/m0/s1. The second-order valence-electron chi connectivity index (χ2n) is 6.56. The second-order valence-corrected chi connectivity index (χ2v) is 6.56. The number of methoxy groups -OCH3 is 2. The number of hydrogen-bond donors (Lipinski definition) is 1. The van der Waals surface area contributed by atoms with Gasteiger partial charge in [0.15, 0.2) is 6.10 Å². The summed E-state index contributed by atoms with van der Waals surface area (Å²) in [5.74, 6) is -1.04. The molecule has 0 saturated carbocycles. The number of benzene rings is 2. The van der Waals surface area contributed by atoms with Crippen molar-refractivity contribution in [1.82, 2.24) is 0 Å². The lowest BCUT2D eigenvalue weighted by Crippen LogP contribution is -2.32. The summed E-state index contributed by atoms with van der Waals surface area (Å²) in [6.45, 7) is 5.68. The molecule has 0 bridgehead atoms. The largest absolute Gasteiger partial charge is 0.480 e. The highest BCUT2D eigenvalue weighted by atomic mass is 16.5. The lowest BCUT2D eigenvalue weighted by atomic mass is 10.1. The van der Waals surface area contributed by atoms with Crippen molar-refractivity contribution in [2.24, 2.45) is 0 Å². The van der Waals surface area contributed by atoms with Crippen molar-refractivity contribution in [2.45, 2.75) is 33.3 Å². The van der Waals surface area contributed by atoms with Gasteiger partial charge in [0, 0.05) is 5.69 Å². The number of hydrogen-bond acceptors (Lipinski definition) is 6. The Kier molecular flexibility index (Phi) is 7.36. The fraction of sp³-hybridized carbons (Fsp3) is 0.318. The molecular formula is C22H25NO6. The highest BCUT2D eigenvalue weighted by Crippen LogP contribution is 2.22. The van der Waals surface area contributed by atoms with Crippen LogP contribution in [0.5, 0.6) is 5.75 Å². The van der Waals surface area contributed by atoms with Crippen LogP contribution in [-0.2, 0) is 14.3 Å². The summed E-state index contributed by atoms with van der Waals surface area (Å²) in [5, 5.41) is 2.71. The number of nitrogens with one attached hydrogen (secondary N) is 1. The Morgan fingerprint density at radius 3 is 2.03 bits per heavy atom. The Morgan fingerprint density at radius 1 is 0.931 bits per heavy atom. The molecule has 0 heterocycles. The number of rotatable bonds is 7. The monoisotopic (exact) mass is 399 g/mol. The zero-order chi connectivity index (χ0) is 21.6. The number of amides is 1. The summed E-state index contributed by atoms with van der Waals surface area (Å²) in [7, 11) is 2.47. The van der Waals surface area contributed by atoms with Gasteiger partial charge in [0.25, 0.3) is 5.91 Å². The third-order valence-electron chi connectivity index (χ3n) is 4.32. The van der Waals surface area contributed by atoms with E-state index in [1.165, 1.54) is 32.4 Å². The molecule has 0 spiro atoms. The predicted octanol–water partition coefficient (Wildman–Crippen LogP) is 3.67. The average molecular weight is 399 g/mol. The molecule has 0 aromatic heterocycles. The minimum Gasteiger partial charge on any atom is -0.480 e. The molecule has 29 heavy (non-hydrogen) atoms. The predicted molar refractivity (Wildman–Crippen MR) is 108 cm³/mol. The van der Waals surface area contributed by atoms with Crippen molar-refractivity contribution < 1.29 is 28.6 Å². The molecule has 0 radical (unpaired) electrons. The molecule has 1 amide bonds.